The standard InChI is InChI=1S/C22H26N2O5/c1-13(14-8-6-5-7-9-14)23-21(25)16-12-17(16)22(26)24-15-10-18(27-2)20(29-4)19(11-15)28-3/h5-11,13,16-17H,12H2,1-4H3,(H,23,25)(H,24,26). The lowest BCUT2D eigenvalue weighted by atomic mass is 10.1. The fourth-order valence-corrected chi connectivity index (χ4v) is 3.31. The van der Waals surface area contributed by atoms with Gasteiger partial charge in [-0.25, -0.2) is 0 Å². The number of methoxy groups -OCH3 is 3. The molecule has 0 aromatic heterocycles. The third kappa shape index (κ3) is 4.62. The van der Waals surface area contributed by atoms with Crippen molar-refractivity contribution in [2.24, 2.45) is 11.8 Å². The molecule has 1 aliphatic rings. The zero-order valence-corrected chi connectivity index (χ0v) is 17.0. The number of carbonyl (C=O) groups excluding carboxylic acids is 2. The van der Waals surface area contributed by atoms with Gasteiger partial charge < -0.3 is 24.8 Å². The summed E-state index contributed by atoms with van der Waals surface area (Å²) in [5.74, 6) is 0.373. The van der Waals surface area contributed by atoms with Gasteiger partial charge in [-0.2, -0.15) is 0 Å². The smallest absolute Gasteiger partial charge is 0.228 e. The van der Waals surface area contributed by atoms with Crippen molar-refractivity contribution in [2.45, 2.75) is 19.4 Å². The van der Waals surface area contributed by atoms with E-state index in [1.54, 1.807) is 12.1 Å². The first-order valence-electron chi connectivity index (χ1n) is 9.44. The van der Waals surface area contributed by atoms with Gasteiger partial charge in [-0.15, -0.1) is 0 Å². The number of carbonyl (C=O) groups is 2. The highest BCUT2D eigenvalue weighted by molar-refractivity contribution is 6.00. The average Bonchev–Trinajstić information content (AvgIpc) is 3.54. The molecule has 7 heteroatoms. The molecule has 7 nitrogen and oxygen atoms in total. The maximum Gasteiger partial charge on any atom is 0.228 e. The first kappa shape index (κ1) is 20.5. The maximum atomic E-state index is 12.6. The second-order valence-corrected chi connectivity index (χ2v) is 6.99. The van der Waals surface area contributed by atoms with Crippen LogP contribution in [0, 0.1) is 11.8 Å². The van der Waals surface area contributed by atoms with Crippen LogP contribution in [0.3, 0.4) is 0 Å². The van der Waals surface area contributed by atoms with Gasteiger partial charge >= 0.3 is 0 Å². The van der Waals surface area contributed by atoms with E-state index in [0.29, 0.717) is 29.4 Å². The minimum absolute atomic E-state index is 0.105. The van der Waals surface area contributed by atoms with Crippen LogP contribution in [0.4, 0.5) is 5.69 Å². The van der Waals surface area contributed by atoms with Crippen molar-refractivity contribution in [3.8, 4) is 17.2 Å². The van der Waals surface area contributed by atoms with Crippen molar-refractivity contribution in [3.05, 3.63) is 48.0 Å². The fraction of sp³-hybridized carbons (Fsp3) is 0.364. The SMILES string of the molecule is COc1cc(NC(=O)C2CC2C(=O)NC(C)c2ccccc2)cc(OC)c1OC. The molecule has 1 aliphatic carbocycles. The van der Waals surface area contributed by atoms with Crippen molar-refractivity contribution in [1.29, 1.82) is 0 Å². The summed E-state index contributed by atoms with van der Waals surface area (Å²) >= 11 is 0. The third-order valence-electron chi connectivity index (χ3n) is 5.05. The van der Waals surface area contributed by atoms with E-state index in [4.69, 9.17) is 14.2 Å². The molecule has 2 N–H and O–H groups in total. The molecule has 0 radical (unpaired) electrons. The largest absolute Gasteiger partial charge is 0.493 e. The third-order valence-corrected chi connectivity index (χ3v) is 5.05. The number of amides is 2. The first-order chi connectivity index (χ1) is 14.0. The van der Waals surface area contributed by atoms with Crippen molar-refractivity contribution >= 4 is 17.5 Å². The highest BCUT2D eigenvalue weighted by Crippen LogP contribution is 2.42. The molecule has 3 unspecified atom stereocenters. The summed E-state index contributed by atoms with van der Waals surface area (Å²) in [5.41, 5.74) is 1.55. The maximum absolute atomic E-state index is 12.6. The van der Waals surface area contributed by atoms with Crippen LogP contribution in [0.5, 0.6) is 17.2 Å². The first-order valence-corrected chi connectivity index (χ1v) is 9.44. The fourth-order valence-electron chi connectivity index (χ4n) is 3.31. The molecule has 1 fully saturated rings. The van der Waals surface area contributed by atoms with Crippen LogP contribution in [-0.4, -0.2) is 33.1 Å². The van der Waals surface area contributed by atoms with Gasteiger partial charge in [0, 0.05) is 17.8 Å². The van der Waals surface area contributed by atoms with Crippen LogP contribution in [0.15, 0.2) is 42.5 Å². The molecule has 29 heavy (non-hydrogen) atoms. The second kappa shape index (κ2) is 8.86. The molecular weight excluding hydrogens is 372 g/mol. The quantitative estimate of drug-likeness (QED) is 0.713. The number of anilines is 1. The van der Waals surface area contributed by atoms with Crippen LogP contribution in [0.25, 0.3) is 0 Å². The highest BCUT2D eigenvalue weighted by atomic mass is 16.5. The van der Waals surface area contributed by atoms with Gasteiger partial charge in [-0.3, -0.25) is 9.59 Å². The molecule has 0 aliphatic heterocycles. The summed E-state index contributed by atoms with van der Waals surface area (Å²) in [6.45, 7) is 1.93. The molecule has 0 heterocycles. The van der Waals surface area contributed by atoms with Crippen LogP contribution >= 0.6 is 0 Å². The molecule has 2 amide bonds. The van der Waals surface area contributed by atoms with Crippen LogP contribution in [-0.2, 0) is 9.59 Å². The van der Waals surface area contributed by atoms with Gasteiger partial charge in [0.1, 0.15) is 0 Å². The normalized spacial score (nSPS) is 18.3. The lowest BCUT2D eigenvalue weighted by Crippen LogP contribution is -2.29. The molecule has 1 saturated carbocycles. The molecule has 3 rings (SSSR count). The van der Waals surface area contributed by atoms with E-state index in [9.17, 15) is 9.59 Å². The van der Waals surface area contributed by atoms with Crippen LogP contribution in [0.1, 0.15) is 24.9 Å². The number of hydrogen-bond acceptors (Lipinski definition) is 5. The zero-order valence-electron chi connectivity index (χ0n) is 17.0. The predicted octanol–water partition coefficient (Wildman–Crippen LogP) is 3.16. The molecule has 0 bridgehead atoms. The Bertz CT molecular complexity index is 859. The number of ether oxygens (including phenoxy) is 3. The summed E-state index contributed by atoms with van der Waals surface area (Å²) in [7, 11) is 4.54. The lowest BCUT2D eigenvalue weighted by Gasteiger charge is -2.15. The second-order valence-electron chi connectivity index (χ2n) is 6.99. The Morgan fingerprint density at radius 3 is 2.07 bits per heavy atom. The summed E-state index contributed by atoms with van der Waals surface area (Å²) in [4.78, 5) is 25.1. The van der Waals surface area contributed by atoms with Crippen LogP contribution in [0.2, 0.25) is 0 Å². The topological polar surface area (TPSA) is 85.9 Å². The Labute approximate surface area is 170 Å². The van der Waals surface area contributed by atoms with Crippen molar-refractivity contribution in [2.75, 3.05) is 26.6 Å². The molecular formula is C22H26N2O5. The van der Waals surface area contributed by atoms with Crippen molar-refractivity contribution in [1.82, 2.24) is 5.32 Å². The lowest BCUT2D eigenvalue weighted by molar-refractivity contribution is -0.125. The minimum Gasteiger partial charge on any atom is -0.493 e. The summed E-state index contributed by atoms with van der Waals surface area (Å²) < 4.78 is 15.9. The van der Waals surface area contributed by atoms with Gasteiger partial charge in [0.2, 0.25) is 17.6 Å². The molecule has 0 saturated heterocycles. The number of benzene rings is 2. The number of rotatable bonds is 8. The average molecular weight is 398 g/mol. The zero-order chi connectivity index (χ0) is 21.0. The molecule has 3 atom stereocenters. The molecule has 154 valence electrons. The predicted molar refractivity (Wildman–Crippen MR) is 109 cm³/mol. The Morgan fingerprint density at radius 1 is 0.931 bits per heavy atom. The van der Waals surface area contributed by atoms with Crippen LogP contribution < -0.4 is 24.8 Å². The van der Waals surface area contributed by atoms with E-state index in [0.717, 1.165) is 5.56 Å². The minimum atomic E-state index is -0.350. The van der Waals surface area contributed by atoms with E-state index in [1.807, 2.05) is 37.3 Å². The van der Waals surface area contributed by atoms with E-state index < -0.39 is 0 Å². The van der Waals surface area contributed by atoms with Crippen molar-refractivity contribution in [3.63, 3.8) is 0 Å². The molecule has 0 spiro atoms. The monoisotopic (exact) mass is 398 g/mol. The van der Waals surface area contributed by atoms with E-state index in [1.165, 1.54) is 21.3 Å². The van der Waals surface area contributed by atoms with E-state index in [2.05, 4.69) is 10.6 Å². The number of nitrogens with one attached hydrogen (secondary N) is 2. The van der Waals surface area contributed by atoms with Gasteiger partial charge in [-0.1, -0.05) is 30.3 Å². The molecule has 2 aromatic rings. The highest BCUT2D eigenvalue weighted by Gasteiger charge is 2.48. The van der Waals surface area contributed by atoms with Gasteiger partial charge in [0.05, 0.1) is 39.2 Å². The van der Waals surface area contributed by atoms with E-state index >= 15 is 0 Å². The Kier molecular flexibility index (Phi) is 6.26. The van der Waals surface area contributed by atoms with Gasteiger partial charge in [0.15, 0.2) is 11.5 Å². The molecule has 2 aromatic carbocycles. The Hall–Kier alpha value is -3.22. The number of hydrogen-bond donors (Lipinski definition) is 2. The summed E-state index contributed by atoms with van der Waals surface area (Å²) in [5, 5.41) is 5.82. The Balaban J connectivity index is 1.61. The summed E-state index contributed by atoms with van der Waals surface area (Å²) in [6, 6.07) is 12.9. The Morgan fingerprint density at radius 2 is 1.52 bits per heavy atom. The van der Waals surface area contributed by atoms with Crippen molar-refractivity contribution < 1.29 is 23.8 Å². The summed E-state index contributed by atoms with van der Waals surface area (Å²) in [6.07, 6.45) is 0.531. The van der Waals surface area contributed by atoms with E-state index in [-0.39, 0.29) is 29.7 Å². The van der Waals surface area contributed by atoms with Gasteiger partial charge in [-0.05, 0) is 18.9 Å². The van der Waals surface area contributed by atoms with Gasteiger partial charge in [0.25, 0.3) is 0 Å².